The smallest absolute Gasteiger partial charge is 0.227 e. The van der Waals surface area contributed by atoms with Crippen molar-refractivity contribution in [1.29, 1.82) is 0 Å². The molecule has 3 aromatic rings. The van der Waals surface area contributed by atoms with Crippen LogP contribution in [0.15, 0.2) is 54.9 Å². The highest BCUT2D eigenvalue weighted by molar-refractivity contribution is 5.79. The van der Waals surface area contributed by atoms with Crippen LogP contribution in [0.25, 0.3) is 12.2 Å². The van der Waals surface area contributed by atoms with Crippen LogP contribution < -0.4 is 20.3 Å². The molecule has 0 radical (unpaired) electrons. The molecule has 0 unspecified atom stereocenters. The van der Waals surface area contributed by atoms with E-state index >= 15 is 0 Å². The summed E-state index contributed by atoms with van der Waals surface area (Å²) in [5.41, 5.74) is 4.46. The van der Waals surface area contributed by atoms with Crippen LogP contribution in [0.5, 0.6) is 5.75 Å². The Morgan fingerprint density at radius 2 is 1.53 bits per heavy atom. The van der Waals surface area contributed by atoms with E-state index in [2.05, 4.69) is 42.4 Å². The molecule has 2 heterocycles. The molecule has 4 rings (SSSR count). The number of benzene rings is 2. The number of nitrogens with zero attached hydrogens (tertiary/aromatic N) is 3. The number of aldehydes is 1. The molecular weight excluding hydrogens is 430 g/mol. The van der Waals surface area contributed by atoms with Gasteiger partial charge in [-0.2, -0.15) is 0 Å². The van der Waals surface area contributed by atoms with Gasteiger partial charge in [0.25, 0.3) is 0 Å². The summed E-state index contributed by atoms with van der Waals surface area (Å²) in [6.45, 7) is 4.09. The van der Waals surface area contributed by atoms with E-state index in [0.717, 1.165) is 49.3 Å². The SMILES string of the molecule is COC.COc1cc(C=O)cc(/C=C/c2cnc(Nc3ccc(N4CCNCC4)cc3)nc2)c1. The number of piperazine rings is 1. The Balaban J connectivity index is 0.00000103. The van der Waals surface area contributed by atoms with Crippen LogP contribution in [-0.4, -0.2) is 63.8 Å². The molecule has 1 saturated heterocycles. The third-order valence-corrected chi connectivity index (χ3v) is 5.07. The topological polar surface area (TPSA) is 88.6 Å². The average Bonchev–Trinajstić information content (AvgIpc) is 2.89. The summed E-state index contributed by atoms with van der Waals surface area (Å²) in [6.07, 6.45) is 8.11. The molecule has 1 aliphatic heterocycles. The summed E-state index contributed by atoms with van der Waals surface area (Å²) in [5.74, 6) is 1.18. The summed E-state index contributed by atoms with van der Waals surface area (Å²) >= 11 is 0. The lowest BCUT2D eigenvalue weighted by Crippen LogP contribution is -2.43. The minimum Gasteiger partial charge on any atom is -0.497 e. The second kappa shape index (κ2) is 13.1. The van der Waals surface area contributed by atoms with Gasteiger partial charge in [-0.15, -0.1) is 0 Å². The Bertz CT molecular complexity index is 1060. The molecule has 2 aromatic carbocycles. The molecule has 2 N–H and O–H groups in total. The Morgan fingerprint density at radius 3 is 2.15 bits per heavy atom. The van der Waals surface area contributed by atoms with Crippen molar-refractivity contribution < 1.29 is 14.3 Å². The second-order valence-electron chi connectivity index (χ2n) is 7.65. The van der Waals surface area contributed by atoms with Gasteiger partial charge in [-0.1, -0.05) is 12.2 Å². The van der Waals surface area contributed by atoms with E-state index in [9.17, 15) is 4.79 Å². The van der Waals surface area contributed by atoms with E-state index < -0.39 is 0 Å². The van der Waals surface area contributed by atoms with E-state index in [1.165, 1.54) is 5.69 Å². The van der Waals surface area contributed by atoms with Crippen molar-refractivity contribution in [3.05, 3.63) is 71.5 Å². The maximum absolute atomic E-state index is 11.1. The van der Waals surface area contributed by atoms with Gasteiger partial charge in [-0.3, -0.25) is 4.79 Å². The fraction of sp³-hybridized carbons (Fsp3) is 0.269. The number of hydrogen-bond donors (Lipinski definition) is 2. The van der Waals surface area contributed by atoms with Crippen LogP contribution in [0.2, 0.25) is 0 Å². The first-order valence-electron chi connectivity index (χ1n) is 11.0. The molecule has 34 heavy (non-hydrogen) atoms. The first-order chi connectivity index (χ1) is 16.6. The highest BCUT2D eigenvalue weighted by Gasteiger charge is 2.10. The predicted octanol–water partition coefficient (Wildman–Crippen LogP) is 3.88. The molecular formula is C26H31N5O3. The van der Waals surface area contributed by atoms with Crippen LogP contribution >= 0.6 is 0 Å². The van der Waals surface area contributed by atoms with Gasteiger partial charge in [0.2, 0.25) is 5.95 Å². The van der Waals surface area contributed by atoms with Gasteiger partial charge in [0, 0.05) is 75.3 Å². The molecule has 0 aliphatic carbocycles. The van der Waals surface area contributed by atoms with Crippen molar-refractivity contribution in [2.75, 3.05) is 57.7 Å². The van der Waals surface area contributed by atoms with Gasteiger partial charge in [-0.05, 0) is 48.0 Å². The van der Waals surface area contributed by atoms with Crippen LogP contribution in [0.4, 0.5) is 17.3 Å². The number of anilines is 3. The number of methoxy groups -OCH3 is 2. The summed E-state index contributed by atoms with van der Waals surface area (Å²) in [6, 6.07) is 13.7. The van der Waals surface area contributed by atoms with Gasteiger partial charge in [0.05, 0.1) is 7.11 Å². The van der Waals surface area contributed by atoms with Crippen LogP contribution in [0.3, 0.4) is 0 Å². The lowest BCUT2D eigenvalue weighted by Gasteiger charge is -2.29. The molecule has 1 aliphatic rings. The van der Waals surface area contributed by atoms with Crippen molar-refractivity contribution in [2.45, 2.75) is 0 Å². The Kier molecular flexibility index (Phi) is 9.57. The molecule has 0 bridgehead atoms. The fourth-order valence-electron chi connectivity index (χ4n) is 3.42. The van der Waals surface area contributed by atoms with E-state index in [1.54, 1.807) is 45.9 Å². The Morgan fingerprint density at radius 1 is 0.912 bits per heavy atom. The average molecular weight is 462 g/mol. The zero-order chi connectivity index (χ0) is 24.2. The van der Waals surface area contributed by atoms with Gasteiger partial charge in [0.15, 0.2) is 0 Å². The Hall–Kier alpha value is -3.75. The van der Waals surface area contributed by atoms with E-state index in [1.807, 2.05) is 30.4 Å². The maximum atomic E-state index is 11.1. The first kappa shape index (κ1) is 24.9. The van der Waals surface area contributed by atoms with E-state index in [0.29, 0.717) is 17.3 Å². The summed E-state index contributed by atoms with van der Waals surface area (Å²) < 4.78 is 9.48. The number of carbonyl (C=O) groups excluding carboxylic acids is 1. The summed E-state index contributed by atoms with van der Waals surface area (Å²) in [7, 11) is 4.83. The summed E-state index contributed by atoms with van der Waals surface area (Å²) in [4.78, 5) is 22.2. The lowest BCUT2D eigenvalue weighted by atomic mass is 10.1. The van der Waals surface area contributed by atoms with Gasteiger partial charge >= 0.3 is 0 Å². The highest BCUT2D eigenvalue weighted by Crippen LogP contribution is 2.21. The number of rotatable bonds is 7. The van der Waals surface area contributed by atoms with Crippen LogP contribution in [0.1, 0.15) is 21.5 Å². The molecule has 1 fully saturated rings. The molecule has 8 nitrogen and oxygen atoms in total. The standard InChI is InChI=1S/C24H25N5O2.C2H6O/c1-31-23-13-18(12-20(14-23)17-30)2-3-19-15-26-24(27-16-19)28-21-4-6-22(7-5-21)29-10-8-25-9-11-29;1-3-2/h2-7,12-17,25H,8-11H2,1H3,(H,26,27,28);1-2H3/b3-2+;. The maximum Gasteiger partial charge on any atom is 0.227 e. The third kappa shape index (κ3) is 7.40. The van der Waals surface area contributed by atoms with Crippen molar-refractivity contribution in [2.24, 2.45) is 0 Å². The third-order valence-electron chi connectivity index (χ3n) is 5.07. The monoisotopic (exact) mass is 461 g/mol. The lowest BCUT2D eigenvalue weighted by molar-refractivity contribution is 0.112. The van der Waals surface area contributed by atoms with Gasteiger partial charge in [-0.25, -0.2) is 9.97 Å². The largest absolute Gasteiger partial charge is 0.497 e. The van der Waals surface area contributed by atoms with E-state index in [4.69, 9.17) is 4.74 Å². The molecule has 178 valence electrons. The van der Waals surface area contributed by atoms with Gasteiger partial charge in [0.1, 0.15) is 12.0 Å². The number of aromatic nitrogens is 2. The highest BCUT2D eigenvalue weighted by atomic mass is 16.5. The molecule has 8 heteroatoms. The number of nitrogens with one attached hydrogen (secondary N) is 2. The quantitative estimate of drug-likeness (QED) is 0.513. The zero-order valence-corrected chi connectivity index (χ0v) is 19.8. The van der Waals surface area contributed by atoms with Crippen molar-refractivity contribution in [3.63, 3.8) is 0 Å². The number of ether oxygens (including phenoxy) is 2. The minimum absolute atomic E-state index is 0.539. The van der Waals surface area contributed by atoms with Crippen LogP contribution in [0, 0.1) is 0 Å². The number of carbonyl (C=O) groups is 1. The Labute approximate surface area is 200 Å². The zero-order valence-electron chi connectivity index (χ0n) is 19.8. The van der Waals surface area contributed by atoms with Crippen molar-refractivity contribution in [3.8, 4) is 5.75 Å². The normalized spacial score (nSPS) is 13.2. The van der Waals surface area contributed by atoms with E-state index in [-0.39, 0.29) is 0 Å². The number of hydrogen-bond acceptors (Lipinski definition) is 8. The van der Waals surface area contributed by atoms with Crippen molar-refractivity contribution >= 4 is 35.8 Å². The molecule has 1 aromatic heterocycles. The molecule has 0 atom stereocenters. The fourth-order valence-corrected chi connectivity index (χ4v) is 3.42. The molecule has 0 saturated carbocycles. The van der Waals surface area contributed by atoms with Crippen molar-refractivity contribution in [1.82, 2.24) is 15.3 Å². The van der Waals surface area contributed by atoms with Gasteiger partial charge < -0.3 is 25.0 Å². The molecule has 0 spiro atoms. The molecule has 0 amide bonds. The second-order valence-corrected chi connectivity index (χ2v) is 7.65. The minimum atomic E-state index is 0.539. The predicted molar refractivity (Wildman–Crippen MR) is 137 cm³/mol. The first-order valence-corrected chi connectivity index (χ1v) is 11.0. The van der Waals surface area contributed by atoms with Crippen LogP contribution in [-0.2, 0) is 4.74 Å². The summed E-state index contributed by atoms with van der Waals surface area (Å²) in [5, 5.41) is 6.60.